The monoisotopic (exact) mass is 342 g/mol. The van der Waals surface area contributed by atoms with Crippen LogP contribution in [0.15, 0.2) is 48.5 Å². The fraction of sp³-hybridized carbons (Fsp3) is 0.263. The number of amides is 2. The highest BCUT2D eigenvalue weighted by atomic mass is 16.5. The van der Waals surface area contributed by atoms with Crippen LogP contribution in [0.25, 0.3) is 0 Å². The van der Waals surface area contributed by atoms with Crippen molar-refractivity contribution in [2.24, 2.45) is 0 Å². The van der Waals surface area contributed by atoms with Crippen LogP contribution in [0.4, 0.5) is 0 Å². The maximum atomic E-state index is 12.2. The number of hydrogen-bond acceptors (Lipinski definition) is 4. The third-order valence-electron chi connectivity index (χ3n) is 3.51. The van der Waals surface area contributed by atoms with Crippen LogP contribution in [0.1, 0.15) is 22.8 Å². The molecule has 6 nitrogen and oxygen atoms in total. The van der Waals surface area contributed by atoms with Crippen LogP contribution in [-0.2, 0) is 11.3 Å². The van der Waals surface area contributed by atoms with Crippen molar-refractivity contribution in [2.45, 2.75) is 13.5 Å². The summed E-state index contributed by atoms with van der Waals surface area (Å²) in [4.78, 5) is 24.2. The first kappa shape index (κ1) is 18.3. The van der Waals surface area contributed by atoms with Crippen molar-refractivity contribution in [2.75, 3.05) is 20.3 Å². The number of ether oxygens (including phenoxy) is 2. The summed E-state index contributed by atoms with van der Waals surface area (Å²) in [5.41, 5.74) is 1.27. The summed E-state index contributed by atoms with van der Waals surface area (Å²) < 4.78 is 10.7. The molecule has 0 aliphatic rings. The predicted octanol–water partition coefficient (Wildman–Crippen LogP) is 2.14. The molecule has 0 spiro atoms. The summed E-state index contributed by atoms with van der Waals surface area (Å²) in [5, 5.41) is 5.36. The first-order chi connectivity index (χ1) is 12.2. The van der Waals surface area contributed by atoms with Crippen LogP contribution in [0.5, 0.6) is 11.5 Å². The molecular formula is C19H22N2O4. The van der Waals surface area contributed by atoms with Crippen LogP contribution in [0.2, 0.25) is 0 Å². The van der Waals surface area contributed by atoms with Crippen molar-refractivity contribution < 1.29 is 19.1 Å². The van der Waals surface area contributed by atoms with E-state index in [0.29, 0.717) is 30.2 Å². The van der Waals surface area contributed by atoms with Gasteiger partial charge in [-0.2, -0.15) is 0 Å². The highest BCUT2D eigenvalue weighted by Crippen LogP contribution is 2.18. The summed E-state index contributed by atoms with van der Waals surface area (Å²) in [6.45, 7) is 2.52. The van der Waals surface area contributed by atoms with Gasteiger partial charge < -0.3 is 20.1 Å². The van der Waals surface area contributed by atoms with Gasteiger partial charge in [0.2, 0.25) is 5.91 Å². The minimum atomic E-state index is -0.350. The molecule has 0 unspecified atom stereocenters. The molecule has 132 valence electrons. The Balaban J connectivity index is 1.86. The molecule has 2 amide bonds. The van der Waals surface area contributed by atoms with Crippen molar-refractivity contribution in [3.63, 3.8) is 0 Å². The molecular weight excluding hydrogens is 320 g/mol. The zero-order valence-corrected chi connectivity index (χ0v) is 14.4. The van der Waals surface area contributed by atoms with E-state index in [1.54, 1.807) is 31.4 Å². The quantitative estimate of drug-likeness (QED) is 0.771. The van der Waals surface area contributed by atoms with Gasteiger partial charge in [-0.25, -0.2) is 0 Å². The number of rotatable bonds is 8. The molecule has 0 aliphatic carbocycles. The van der Waals surface area contributed by atoms with Gasteiger partial charge in [0.1, 0.15) is 11.5 Å². The van der Waals surface area contributed by atoms with Gasteiger partial charge in [0.25, 0.3) is 5.91 Å². The second-order valence-corrected chi connectivity index (χ2v) is 5.20. The molecule has 0 heterocycles. The van der Waals surface area contributed by atoms with E-state index in [9.17, 15) is 9.59 Å². The number of para-hydroxylation sites is 2. The minimum absolute atomic E-state index is 0.117. The minimum Gasteiger partial charge on any atom is -0.496 e. The summed E-state index contributed by atoms with van der Waals surface area (Å²) in [6, 6.07) is 14.4. The standard InChI is InChI=1S/C19H22N2O4/c1-3-25-17-11-7-5-9-15(17)19(23)21-13-18(22)20-12-14-8-4-6-10-16(14)24-2/h4-11H,3,12-13H2,1-2H3,(H,20,22)(H,21,23). The van der Waals surface area contributed by atoms with Gasteiger partial charge in [-0.05, 0) is 25.1 Å². The molecule has 0 saturated carbocycles. The van der Waals surface area contributed by atoms with Crippen LogP contribution in [0, 0.1) is 0 Å². The predicted molar refractivity (Wildman–Crippen MR) is 94.8 cm³/mol. The summed E-state index contributed by atoms with van der Waals surface area (Å²) >= 11 is 0. The molecule has 0 radical (unpaired) electrons. The van der Waals surface area contributed by atoms with Crippen LogP contribution in [-0.4, -0.2) is 32.1 Å². The van der Waals surface area contributed by atoms with Gasteiger partial charge in [-0.3, -0.25) is 9.59 Å². The van der Waals surface area contributed by atoms with Crippen LogP contribution >= 0.6 is 0 Å². The van der Waals surface area contributed by atoms with Crippen molar-refractivity contribution in [3.05, 3.63) is 59.7 Å². The van der Waals surface area contributed by atoms with Gasteiger partial charge in [-0.1, -0.05) is 30.3 Å². The van der Waals surface area contributed by atoms with E-state index < -0.39 is 0 Å². The highest BCUT2D eigenvalue weighted by Gasteiger charge is 2.13. The number of hydrogen-bond donors (Lipinski definition) is 2. The molecule has 2 rings (SSSR count). The normalized spacial score (nSPS) is 10.0. The first-order valence-corrected chi connectivity index (χ1v) is 8.04. The maximum Gasteiger partial charge on any atom is 0.255 e. The number of carbonyl (C=O) groups is 2. The molecule has 25 heavy (non-hydrogen) atoms. The molecule has 2 N–H and O–H groups in total. The molecule has 2 aromatic carbocycles. The van der Waals surface area contributed by atoms with E-state index >= 15 is 0 Å². The van der Waals surface area contributed by atoms with Crippen molar-refractivity contribution in [3.8, 4) is 11.5 Å². The van der Waals surface area contributed by atoms with Gasteiger partial charge in [0, 0.05) is 12.1 Å². The van der Waals surface area contributed by atoms with Gasteiger partial charge in [-0.15, -0.1) is 0 Å². The maximum absolute atomic E-state index is 12.2. The van der Waals surface area contributed by atoms with E-state index in [1.165, 1.54) is 0 Å². The van der Waals surface area contributed by atoms with Crippen LogP contribution in [0.3, 0.4) is 0 Å². The lowest BCUT2D eigenvalue weighted by Crippen LogP contribution is -2.36. The fourth-order valence-electron chi connectivity index (χ4n) is 2.30. The molecule has 0 aromatic heterocycles. The smallest absolute Gasteiger partial charge is 0.255 e. The van der Waals surface area contributed by atoms with Gasteiger partial charge >= 0.3 is 0 Å². The van der Waals surface area contributed by atoms with E-state index in [4.69, 9.17) is 9.47 Å². The van der Waals surface area contributed by atoms with Gasteiger partial charge in [0.15, 0.2) is 0 Å². The van der Waals surface area contributed by atoms with Crippen molar-refractivity contribution in [1.82, 2.24) is 10.6 Å². The largest absolute Gasteiger partial charge is 0.496 e. The summed E-state index contributed by atoms with van der Waals surface area (Å²) in [5.74, 6) is 0.569. The molecule has 0 atom stereocenters. The summed E-state index contributed by atoms with van der Waals surface area (Å²) in [7, 11) is 1.58. The van der Waals surface area contributed by atoms with E-state index in [2.05, 4.69) is 10.6 Å². The summed E-state index contributed by atoms with van der Waals surface area (Å²) in [6.07, 6.45) is 0. The Morgan fingerprint density at radius 2 is 1.64 bits per heavy atom. The molecule has 0 aliphatic heterocycles. The lowest BCUT2D eigenvalue weighted by atomic mass is 10.2. The number of methoxy groups -OCH3 is 1. The molecule has 2 aromatic rings. The molecule has 0 fully saturated rings. The lowest BCUT2D eigenvalue weighted by molar-refractivity contribution is -0.120. The second kappa shape index (κ2) is 9.32. The third-order valence-corrected chi connectivity index (χ3v) is 3.51. The Hall–Kier alpha value is -3.02. The fourth-order valence-corrected chi connectivity index (χ4v) is 2.30. The lowest BCUT2D eigenvalue weighted by Gasteiger charge is -2.11. The Kier molecular flexibility index (Phi) is 6.83. The average molecular weight is 342 g/mol. The Morgan fingerprint density at radius 3 is 2.36 bits per heavy atom. The SMILES string of the molecule is CCOc1ccccc1C(=O)NCC(=O)NCc1ccccc1OC. The number of nitrogens with one attached hydrogen (secondary N) is 2. The Bertz CT molecular complexity index is 731. The van der Waals surface area contributed by atoms with Gasteiger partial charge in [0.05, 0.1) is 25.8 Å². The Labute approximate surface area is 147 Å². The van der Waals surface area contributed by atoms with E-state index in [-0.39, 0.29) is 18.4 Å². The molecule has 0 saturated heterocycles. The second-order valence-electron chi connectivity index (χ2n) is 5.20. The zero-order valence-electron chi connectivity index (χ0n) is 14.4. The van der Waals surface area contributed by atoms with E-state index in [1.807, 2.05) is 31.2 Å². The van der Waals surface area contributed by atoms with Crippen LogP contribution < -0.4 is 20.1 Å². The number of benzene rings is 2. The average Bonchev–Trinajstić information content (AvgIpc) is 2.65. The third kappa shape index (κ3) is 5.24. The molecule has 0 bridgehead atoms. The molecule has 6 heteroatoms. The van der Waals surface area contributed by atoms with Crippen molar-refractivity contribution >= 4 is 11.8 Å². The highest BCUT2D eigenvalue weighted by molar-refractivity contribution is 5.98. The van der Waals surface area contributed by atoms with E-state index in [0.717, 1.165) is 5.56 Å². The first-order valence-electron chi connectivity index (χ1n) is 8.04. The topological polar surface area (TPSA) is 76.7 Å². The zero-order chi connectivity index (χ0) is 18.1. The Morgan fingerprint density at radius 1 is 0.960 bits per heavy atom. The number of carbonyl (C=O) groups excluding carboxylic acids is 2. The van der Waals surface area contributed by atoms with Crippen molar-refractivity contribution in [1.29, 1.82) is 0 Å².